The van der Waals surface area contributed by atoms with Crippen molar-refractivity contribution in [3.8, 4) is 0 Å². The fraction of sp³-hybridized carbons (Fsp3) is 0.214. The minimum atomic E-state index is -0.263. The van der Waals surface area contributed by atoms with Gasteiger partial charge in [0.1, 0.15) is 5.01 Å². The average molecular weight is 347 g/mol. The van der Waals surface area contributed by atoms with Crippen LogP contribution < -0.4 is 5.32 Å². The summed E-state index contributed by atoms with van der Waals surface area (Å²) in [5, 5.41) is 11.5. The number of anilines is 1. The van der Waals surface area contributed by atoms with E-state index in [2.05, 4.69) is 20.5 Å². The summed E-state index contributed by atoms with van der Waals surface area (Å²) in [7, 11) is 3.36. The number of likely N-dealkylation sites (N-methyl/N-ethyl adjacent to an activating group) is 1. The Bertz CT molecular complexity index is 871. The first-order chi connectivity index (χ1) is 11.0. The molecule has 118 valence electrons. The molecule has 0 saturated heterocycles. The van der Waals surface area contributed by atoms with Crippen LogP contribution >= 0.6 is 22.7 Å². The maximum absolute atomic E-state index is 12.4. The number of nitrogens with one attached hydrogen (secondary N) is 1. The van der Waals surface area contributed by atoms with E-state index in [-0.39, 0.29) is 18.2 Å². The third-order valence-electron chi connectivity index (χ3n) is 3.09. The number of fused-ring (bicyclic) bond motifs is 1. The van der Waals surface area contributed by atoms with E-state index in [1.807, 2.05) is 6.07 Å². The summed E-state index contributed by atoms with van der Waals surface area (Å²) >= 11 is 2.61. The number of thiazole rings is 1. The molecule has 1 aromatic carbocycles. The van der Waals surface area contributed by atoms with Gasteiger partial charge in [-0.25, -0.2) is 4.98 Å². The summed E-state index contributed by atoms with van der Waals surface area (Å²) < 4.78 is 0.831. The van der Waals surface area contributed by atoms with Crippen molar-refractivity contribution in [2.75, 3.05) is 19.4 Å². The number of carbonyl (C=O) groups excluding carboxylic acids is 2. The normalized spacial score (nSPS) is 10.7. The summed E-state index contributed by atoms with van der Waals surface area (Å²) in [6, 6.07) is 5.39. The molecule has 23 heavy (non-hydrogen) atoms. The molecule has 2 heterocycles. The Morgan fingerprint density at radius 3 is 2.87 bits per heavy atom. The number of carbonyl (C=O) groups is 2. The van der Waals surface area contributed by atoms with E-state index < -0.39 is 0 Å². The first-order valence-corrected chi connectivity index (χ1v) is 8.40. The summed E-state index contributed by atoms with van der Waals surface area (Å²) in [5.74, 6) is -0.324. The number of rotatable bonds is 4. The zero-order valence-electron chi connectivity index (χ0n) is 12.4. The largest absolute Gasteiger partial charge is 0.348 e. The van der Waals surface area contributed by atoms with Gasteiger partial charge < -0.3 is 4.90 Å². The Morgan fingerprint density at radius 2 is 2.09 bits per heavy atom. The van der Waals surface area contributed by atoms with E-state index in [9.17, 15) is 9.59 Å². The van der Waals surface area contributed by atoms with Crippen LogP contribution in [0, 0.1) is 0 Å². The third-order valence-corrected chi connectivity index (χ3v) is 4.80. The van der Waals surface area contributed by atoms with Crippen molar-refractivity contribution in [1.82, 2.24) is 20.1 Å². The van der Waals surface area contributed by atoms with Gasteiger partial charge >= 0.3 is 0 Å². The highest BCUT2D eigenvalue weighted by Gasteiger charge is 2.15. The molecule has 3 rings (SSSR count). The predicted octanol–water partition coefficient (Wildman–Crippen LogP) is 2.03. The molecule has 0 aliphatic heterocycles. The number of hydrogen-bond acceptors (Lipinski definition) is 7. The molecule has 2 amide bonds. The molecule has 0 aliphatic rings. The summed E-state index contributed by atoms with van der Waals surface area (Å²) in [6.07, 6.45) is 0.172. The quantitative estimate of drug-likeness (QED) is 0.780. The topological polar surface area (TPSA) is 88.1 Å². The van der Waals surface area contributed by atoms with Crippen LogP contribution in [0.5, 0.6) is 0 Å². The van der Waals surface area contributed by atoms with Crippen molar-refractivity contribution in [3.63, 3.8) is 0 Å². The fourth-order valence-corrected chi connectivity index (χ4v) is 3.42. The maximum Gasteiger partial charge on any atom is 0.259 e. The third kappa shape index (κ3) is 3.35. The second kappa shape index (κ2) is 6.39. The number of hydrogen-bond donors (Lipinski definition) is 1. The lowest BCUT2D eigenvalue weighted by atomic mass is 10.2. The van der Waals surface area contributed by atoms with Gasteiger partial charge in [-0.2, -0.15) is 0 Å². The van der Waals surface area contributed by atoms with Crippen LogP contribution in [0.2, 0.25) is 0 Å². The van der Waals surface area contributed by atoms with Gasteiger partial charge in [-0.3, -0.25) is 14.9 Å². The van der Waals surface area contributed by atoms with Crippen molar-refractivity contribution in [2.24, 2.45) is 0 Å². The van der Waals surface area contributed by atoms with Gasteiger partial charge in [0.2, 0.25) is 11.0 Å². The average Bonchev–Trinajstić information content (AvgIpc) is 3.15. The standard InChI is InChI=1S/C14H13N5O2S2/c1-19(2)11(20)6-10-17-18-14(23-10)16-13(21)8-4-3-5-9-12(8)22-7-15-9/h3-5,7H,6H2,1-2H3,(H,16,18,21). The molecule has 7 nitrogen and oxygen atoms in total. The summed E-state index contributed by atoms with van der Waals surface area (Å²) in [4.78, 5) is 29.7. The van der Waals surface area contributed by atoms with Crippen LogP contribution in [0.1, 0.15) is 15.4 Å². The summed E-state index contributed by atoms with van der Waals surface area (Å²) in [5.41, 5.74) is 3.04. The van der Waals surface area contributed by atoms with Crippen LogP contribution in [0.25, 0.3) is 10.2 Å². The van der Waals surface area contributed by atoms with E-state index >= 15 is 0 Å². The highest BCUT2D eigenvalue weighted by atomic mass is 32.1. The molecule has 0 radical (unpaired) electrons. The van der Waals surface area contributed by atoms with Crippen molar-refractivity contribution < 1.29 is 9.59 Å². The van der Waals surface area contributed by atoms with Crippen LogP contribution in [0.4, 0.5) is 5.13 Å². The van der Waals surface area contributed by atoms with Crippen LogP contribution in [-0.2, 0) is 11.2 Å². The van der Waals surface area contributed by atoms with Gasteiger partial charge in [0.05, 0.1) is 27.7 Å². The second-order valence-electron chi connectivity index (χ2n) is 4.93. The second-order valence-corrected chi connectivity index (χ2v) is 6.84. The van der Waals surface area contributed by atoms with E-state index in [0.29, 0.717) is 15.7 Å². The van der Waals surface area contributed by atoms with Crippen molar-refractivity contribution >= 4 is 49.8 Å². The van der Waals surface area contributed by atoms with Crippen LogP contribution in [0.3, 0.4) is 0 Å². The van der Waals surface area contributed by atoms with Gasteiger partial charge in [-0.05, 0) is 12.1 Å². The highest BCUT2D eigenvalue weighted by Crippen LogP contribution is 2.24. The Labute approximate surface area is 140 Å². The van der Waals surface area contributed by atoms with Crippen molar-refractivity contribution in [1.29, 1.82) is 0 Å². The Morgan fingerprint density at radius 1 is 1.26 bits per heavy atom. The van der Waals surface area contributed by atoms with Crippen LogP contribution in [-0.4, -0.2) is 46.0 Å². The molecular formula is C14H13N5O2S2. The molecule has 0 fully saturated rings. The Hall–Kier alpha value is -2.39. The first-order valence-electron chi connectivity index (χ1n) is 6.70. The van der Waals surface area contributed by atoms with Crippen molar-refractivity contribution in [2.45, 2.75) is 6.42 Å². The minimum Gasteiger partial charge on any atom is -0.348 e. The van der Waals surface area contributed by atoms with Gasteiger partial charge in [-0.15, -0.1) is 21.5 Å². The summed E-state index contributed by atoms with van der Waals surface area (Å²) in [6.45, 7) is 0. The number of amides is 2. The highest BCUT2D eigenvalue weighted by molar-refractivity contribution is 7.17. The molecule has 0 aliphatic carbocycles. The molecular weight excluding hydrogens is 334 g/mol. The molecule has 0 spiro atoms. The molecule has 0 atom stereocenters. The Kier molecular flexibility index (Phi) is 4.30. The fourth-order valence-electron chi connectivity index (χ4n) is 1.89. The molecule has 0 saturated carbocycles. The maximum atomic E-state index is 12.4. The molecule has 1 N–H and O–H groups in total. The Balaban J connectivity index is 1.75. The number of nitrogens with zero attached hydrogens (tertiary/aromatic N) is 4. The lowest BCUT2D eigenvalue weighted by Crippen LogP contribution is -2.23. The zero-order chi connectivity index (χ0) is 16.4. The van der Waals surface area contributed by atoms with Crippen LogP contribution in [0.15, 0.2) is 23.7 Å². The number of benzene rings is 1. The monoisotopic (exact) mass is 347 g/mol. The van der Waals surface area contributed by atoms with Gasteiger partial charge in [0.25, 0.3) is 5.91 Å². The van der Waals surface area contributed by atoms with E-state index in [0.717, 1.165) is 10.2 Å². The predicted molar refractivity (Wildman–Crippen MR) is 89.9 cm³/mol. The van der Waals surface area contributed by atoms with Crippen molar-refractivity contribution in [3.05, 3.63) is 34.3 Å². The van der Waals surface area contributed by atoms with E-state index in [1.54, 1.807) is 31.7 Å². The lowest BCUT2D eigenvalue weighted by molar-refractivity contribution is -0.127. The molecule has 0 unspecified atom stereocenters. The minimum absolute atomic E-state index is 0.0616. The molecule has 2 aromatic heterocycles. The van der Waals surface area contributed by atoms with E-state index in [1.165, 1.54) is 27.6 Å². The van der Waals surface area contributed by atoms with Gasteiger partial charge in [0.15, 0.2) is 0 Å². The first kappa shape index (κ1) is 15.5. The number of aromatic nitrogens is 3. The molecule has 0 bridgehead atoms. The SMILES string of the molecule is CN(C)C(=O)Cc1nnc(NC(=O)c2cccc3ncsc23)s1. The molecule has 9 heteroatoms. The van der Waals surface area contributed by atoms with E-state index in [4.69, 9.17) is 0 Å². The van der Waals surface area contributed by atoms with Gasteiger partial charge in [0, 0.05) is 14.1 Å². The lowest BCUT2D eigenvalue weighted by Gasteiger charge is -2.07. The smallest absolute Gasteiger partial charge is 0.259 e. The zero-order valence-corrected chi connectivity index (χ0v) is 14.1. The van der Waals surface area contributed by atoms with Gasteiger partial charge in [-0.1, -0.05) is 17.4 Å². The molecule has 3 aromatic rings.